The summed E-state index contributed by atoms with van der Waals surface area (Å²) in [4.78, 5) is 0. The first-order chi connectivity index (χ1) is 4.91. The summed E-state index contributed by atoms with van der Waals surface area (Å²) < 4.78 is 0. The number of hydrogen-bond donors (Lipinski definition) is 0. The minimum atomic E-state index is 0.667. The molecule has 0 fully saturated rings. The van der Waals surface area contributed by atoms with Crippen LogP contribution < -0.4 is 0 Å². The van der Waals surface area contributed by atoms with Crippen molar-refractivity contribution in [3.8, 4) is 11.8 Å². The Morgan fingerprint density at radius 1 is 1.10 bits per heavy atom. The Labute approximate surface area is 69.0 Å². The lowest BCUT2D eigenvalue weighted by Crippen LogP contribution is -1.72. The highest BCUT2D eigenvalue weighted by Crippen LogP contribution is 1.96. The second kappa shape index (κ2) is 8.85. The van der Waals surface area contributed by atoms with Gasteiger partial charge in [0, 0.05) is 18.7 Å². The van der Waals surface area contributed by atoms with Crippen molar-refractivity contribution >= 4 is 11.6 Å². The molecule has 0 aromatic carbocycles. The molecule has 0 aliphatic heterocycles. The molecule has 0 atom stereocenters. The van der Waals surface area contributed by atoms with Gasteiger partial charge in [-0.25, -0.2) is 0 Å². The molecule has 1 heteroatoms. The van der Waals surface area contributed by atoms with Gasteiger partial charge in [-0.15, -0.1) is 23.4 Å². The van der Waals surface area contributed by atoms with E-state index in [4.69, 9.17) is 11.6 Å². The van der Waals surface area contributed by atoms with Crippen molar-refractivity contribution in [1.82, 2.24) is 0 Å². The van der Waals surface area contributed by atoms with Crippen molar-refractivity contribution in [2.24, 2.45) is 0 Å². The van der Waals surface area contributed by atoms with E-state index in [1.807, 2.05) is 0 Å². The van der Waals surface area contributed by atoms with E-state index in [0.29, 0.717) is 5.88 Å². The maximum Gasteiger partial charge on any atom is 0.0333 e. The summed E-state index contributed by atoms with van der Waals surface area (Å²) in [5.41, 5.74) is 0. The first-order valence-electron chi connectivity index (χ1n) is 3.93. The van der Waals surface area contributed by atoms with Gasteiger partial charge in [-0.05, 0) is 6.42 Å². The van der Waals surface area contributed by atoms with Crippen LogP contribution in [0, 0.1) is 11.8 Å². The Hall–Kier alpha value is -0.150. The molecule has 0 saturated carbocycles. The highest BCUT2D eigenvalue weighted by molar-refractivity contribution is 6.17. The predicted molar refractivity (Wildman–Crippen MR) is 47.3 cm³/mol. The summed E-state index contributed by atoms with van der Waals surface area (Å²) >= 11 is 5.44. The molecule has 0 nitrogen and oxygen atoms in total. The average molecular weight is 159 g/mol. The minimum absolute atomic E-state index is 0.667. The molecule has 0 aromatic heterocycles. The molecule has 10 heavy (non-hydrogen) atoms. The predicted octanol–water partition coefficient (Wildman–Crippen LogP) is 3.20. The Bertz CT molecular complexity index is 108. The molecule has 0 radical (unpaired) electrons. The van der Waals surface area contributed by atoms with E-state index < -0.39 is 0 Å². The smallest absolute Gasteiger partial charge is 0.0333 e. The summed E-state index contributed by atoms with van der Waals surface area (Å²) in [7, 11) is 0. The van der Waals surface area contributed by atoms with Crippen LogP contribution in [0.5, 0.6) is 0 Å². The van der Waals surface area contributed by atoms with Crippen molar-refractivity contribution in [1.29, 1.82) is 0 Å². The van der Waals surface area contributed by atoms with E-state index in [-0.39, 0.29) is 0 Å². The fourth-order valence-electron chi connectivity index (χ4n) is 0.687. The molecule has 0 spiro atoms. The molecule has 0 rings (SSSR count). The zero-order valence-electron chi connectivity index (χ0n) is 6.62. The molecule has 0 unspecified atom stereocenters. The Balaban J connectivity index is 2.96. The zero-order valence-corrected chi connectivity index (χ0v) is 7.38. The van der Waals surface area contributed by atoms with Gasteiger partial charge in [0.05, 0.1) is 0 Å². The number of alkyl halides is 1. The zero-order chi connectivity index (χ0) is 7.66. The first-order valence-corrected chi connectivity index (χ1v) is 4.47. The van der Waals surface area contributed by atoms with Gasteiger partial charge in [-0.1, -0.05) is 19.8 Å². The quantitative estimate of drug-likeness (QED) is 0.335. The molecule has 0 aliphatic carbocycles. The molecular formula is C9H15Cl. The molecule has 0 aliphatic rings. The third-order valence-electron chi connectivity index (χ3n) is 1.25. The van der Waals surface area contributed by atoms with Gasteiger partial charge in [0.25, 0.3) is 0 Å². The second-order valence-corrected chi connectivity index (χ2v) is 2.63. The van der Waals surface area contributed by atoms with Gasteiger partial charge in [-0.2, -0.15) is 0 Å². The van der Waals surface area contributed by atoms with Crippen LogP contribution in [-0.2, 0) is 0 Å². The third-order valence-corrected chi connectivity index (χ3v) is 1.44. The molecule has 0 saturated heterocycles. The molecule has 0 aromatic rings. The Morgan fingerprint density at radius 2 is 1.80 bits per heavy atom. The molecular weight excluding hydrogens is 144 g/mol. The maximum absolute atomic E-state index is 5.44. The van der Waals surface area contributed by atoms with E-state index in [1.165, 1.54) is 19.3 Å². The largest absolute Gasteiger partial charge is 0.126 e. The van der Waals surface area contributed by atoms with Crippen LogP contribution in [0.3, 0.4) is 0 Å². The van der Waals surface area contributed by atoms with E-state index in [0.717, 1.165) is 12.8 Å². The van der Waals surface area contributed by atoms with Crippen molar-refractivity contribution < 1.29 is 0 Å². The fourth-order valence-corrected chi connectivity index (χ4v) is 0.782. The van der Waals surface area contributed by atoms with Gasteiger partial charge < -0.3 is 0 Å². The monoisotopic (exact) mass is 158 g/mol. The van der Waals surface area contributed by atoms with E-state index in [1.54, 1.807) is 0 Å². The number of hydrogen-bond acceptors (Lipinski definition) is 0. The highest BCUT2D eigenvalue weighted by atomic mass is 35.5. The van der Waals surface area contributed by atoms with Crippen molar-refractivity contribution in [3.63, 3.8) is 0 Å². The van der Waals surface area contributed by atoms with Crippen LogP contribution >= 0.6 is 11.6 Å². The normalized spacial score (nSPS) is 8.60. The summed E-state index contributed by atoms with van der Waals surface area (Å²) in [5, 5.41) is 0. The lowest BCUT2D eigenvalue weighted by molar-refractivity contribution is 0.737. The summed E-state index contributed by atoms with van der Waals surface area (Å²) in [5.74, 6) is 6.77. The van der Waals surface area contributed by atoms with Crippen molar-refractivity contribution in [3.05, 3.63) is 0 Å². The van der Waals surface area contributed by atoms with Crippen LogP contribution in [-0.4, -0.2) is 5.88 Å². The minimum Gasteiger partial charge on any atom is -0.126 e. The van der Waals surface area contributed by atoms with E-state index in [2.05, 4.69) is 18.8 Å². The van der Waals surface area contributed by atoms with E-state index >= 15 is 0 Å². The van der Waals surface area contributed by atoms with Gasteiger partial charge in [0.2, 0.25) is 0 Å². The first kappa shape index (κ1) is 9.85. The molecule has 0 amide bonds. The Morgan fingerprint density at radius 3 is 2.40 bits per heavy atom. The standard InChI is InChI=1S/C9H15Cl/c1-2-3-4-5-6-7-8-9-10/h2-5,8-9H2,1H3. The van der Waals surface area contributed by atoms with Gasteiger partial charge in [-0.3, -0.25) is 0 Å². The topological polar surface area (TPSA) is 0 Å². The third kappa shape index (κ3) is 7.85. The summed E-state index contributed by atoms with van der Waals surface area (Å²) in [6.07, 6.45) is 5.71. The Kier molecular flexibility index (Phi) is 8.72. The van der Waals surface area contributed by atoms with Crippen LogP contribution in [0.4, 0.5) is 0 Å². The lowest BCUT2D eigenvalue weighted by atomic mass is 10.2. The van der Waals surface area contributed by atoms with Gasteiger partial charge >= 0.3 is 0 Å². The summed E-state index contributed by atoms with van der Waals surface area (Å²) in [6, 6.07) is 0. The molecule has 0 N–H and O–H groups in total. The molecule has 0 bridgehead atoms. The van der Waals surface area contributed by atoms with Crippen molar-refractivity contribution in [2.75, 3.05) is 5.88 Å². The van der Waals surface area contributed by atoms with Crippen LogP contribution in [0.25, 0.3) is 0 Å². The van der Waals surface area contributed by atoms with Gasteiger partial charge in [0.1, 0.15) is 0 Å². The maximum atomic E-state index is 5.44. The number of halogens is 1. The lowest BCUT2D eigenvalue weighted by Gasteiger charge is -1.87. The van der Waals surface area contributed by atoms with Gasteiger partial charge in [0.15, 0.2) is 0 Å². The van der Waals surface area contributed by atoms with Crippen molar-refractivity contribution in [2.45, 2.75) is 39.0 Å². The molecule has 0 heterocycles. The van der Waals surface area contributed by atoms with Crippen LogP contribution in [0.2, 0.25) is 0 Å². The average Bonchev–Trinajstić information content (AvgIpc) is 1.97. The van der Waals surface area contributed by atoms with E-state index in [9.17, 15) is 0 Å². The number of unbranched alkanes of at least 4 members (excludes halogenated alkanes) is 3. The van der Waals surface area contributed by atoms with Crippen LogP contribution in [0.1, 0.15) is 39.0 Å². The molecule has 58 valence electrons. The highest BCUT2D eigenvalue weighted by Gasteiger charge is 1.79. The second-order valence-electron chi connectivity index (χ2n) is 2.25. The summed E-state index contributed by atoms with van der Waals surface area (Å²) in [6.45, 7) is 2.20. The van der Waals surface area contributed by atoms with Crippen LogP contribution in [0.15, 0.2) is 0 Å². The fraction of sp³-hybridized carbons (Fsp3) is 0.778. The number of rotatable bonds is 4. The SMILES string of the molecule is CCCCCC#CCCCl.